The summed E-state index contributed by atoms with van der Waals surface area (Å²) in [4.78, 5) is 13.0. The number of carbonyl (C=O) groups excluding carboxylic acids is 1. The molecule has 0 spiro atoms. The lowest BCUT2D eigenvalue weighted by molar-refractivity contribution is -0.119. The van der Waals surface area contributed by atoms with Crippen LogP contribution in [0.2, 0.25) is 0 Å². The van der Waals surface area contributed by atoms with E-state index in [1.54, 1.807) is 0 Å². The number of allylic oxidation sites excluding steroid dienone is 5. The molecule has 2 atom stereocenters. The highest BCUT2D eigenvalue weighted by Crippen LogP contribution is 2.38. The van der Waals surface area contributed by atoms with Crippen molar-refractivity contribution >= 4 is 12.0 Å². The number of rotatable bonds is 13. The van der Waals surface area contributed by atoms with E-state index in [4.69, 9.17) is 0 Å². The zero-order chi connectivity index (χ0) is 34.0. The van der Waals surface area contributed by atoms with Crippen LogP contribution < -0.4 is 5.32 Å². The molecule has 2 aromatic rings. The number of nitriles is 1. The summed E-state index contributed by atoms with van der Waals surface area (Å²) in [7, 11) is 0. The van der Waals surface area contributed by atoms with E-state index in [9.17, 15) is 18.8 Å². The van der Waals surface area contributed by atoms with E-state index in [-0.39, 0.29) is 20.3 Å². The van der Waals surface area contributed by atoms with Gasteiger partial charge in [0.05, 0.1) is 11.6 Å². The molecule has 0 heterocycles. The van der Waals surface area contributed by atoms with Crippen molar-refractivity contribution in [3.8, 4) is 17.2 Å². The van der Waals surface area contributed by atoms with E-state index in [0.29, 0.717) is 30.8 Å². The molecule has 252 valence electrons. The fourth-order valence-corrected chi connectivity index (χ4v) is 7.22. The third kappa shape index (κ3) is 9.40. The van der Waals surface area contributed by atoms with E-state index >= 15 is 0 Å². The number of halogens is 2. The van der Waals surface area contributed by atoms with Crippen LogP contribution in [-0.2, 0) is 11.2 Å². The summed E-state index contributed by atoms with van der Waals surface area (Å²) in [5.74, 6) is -3.20. The van der Waals surface area contributed by atoms with Crippen LogP contribution in [0, 0.1) is 30.1 Å². The van der Waals surface area contributed by atoms with E-state index < -0.39 is 11.8 Å². The Kier molecular flexibility index (Phi) is 12.9. The number of benzene rings is 2. The van der Waals surface area contributed by atoms with E-state index in [2.05, 4.69) is 87.6 Å². The van der Waals surface area contributed by atoms with E-state index in [1.807, 2.05) is 19.1 Å². The molecule has 0 saturated heterocycles. The van der Waals surface area contributed by atoms with E-state index in [0.717, 1.165) is 69.4 Å². The normalized spacial score (nSPS) is 18.7. The summed E-state index contributed by atoms with van der Waals surface area (Å²) >= 11 is 0. The van der Waals surface area contributed by atoms with Gasteiger partial charge in [0.15, 0.2) is 0 Å². The Morgan fingerprint density at radius 2 is 1.94 bits per heavy atom. The highest BCUT2D eigenvalue weighted by atomic mass is 19.3. The Morgan fingerprint density at radius 1 is 1.13 bits per heavy atom. The molecule has 2 unspecified atom stereocenters. The number of nitrogens with zero attached hydrogens (tertiary/aromatic N) is 1. The van der Waals surface area contributed by atoms with Crippen molar-refractivity contribution in [3.05, 3.63) is 99.2 Å². The SMILES string of the molecule is CCCCC(CCC)Cc1ccc(-c2cccc(/C=C(\C)C3=CCC=C(C(=O)NCC4CCCCC4(F)F)C=C3C)c2C)cc1C#N.[HH]. The maximum absolute atomic E-state index is 14.3. The molecular weight excluding hydrogens is 586 g/mol. The summed E-state index contributed by atoms with van der Waals surface area (Å²) in [6.45, 7) is 10.7. The molecule has 4 rings (SSSR count). The molecule has 1 fully saturated rings. The summed E-state index contributed by atoms with van der Waals surface area (Å²) in [5.41, 5.74) is 9.93. The van der Waals surface area contributed by atoms with Gasteiger partial charge in [0.2, 0.25) is 0 Å². The van der Waals surface area contributed by atoms with Crippen molar-refractivity contribution in [2.24, 2.45) is 11.8 Å². The second-order valence-corrected chi connectivity index (χ2v) is 13.6. The lowest BCUT2D eigenvalue weighted by Crippen LogP contribution is -2.41. The molecule has 5 heteroatoms. The van der Waals surface area contributed by atoms with Crippen molar-refractivity contribution in [1.82, 2.24) is 5.32 Å². The largest absolute Gasteiger partial charge is 0.352 e. The van der Waals surface area contributed by atoms with Crippen LogP contribution in [0.3, 0.4) is 0 Å². The van der Waals surface area contributed by atoms with Crippen LogP contribution in [0.5, 0.6) is 0 Å². The predicted octanol–water partition coefficient (Wildman–Crippen LogP) is 11.5. The van der Waals surface area contributed by atoms with Crippen LogP contribution in [0.1, 0.15) is 116 Å². The zero-order valence-corrected chi connectivity index (χ0v) is 29.0. The van der Waals surface area contributed by atoms with Gasteiger partial charge in [0, 0.05) is 25.9 Å². The van der Waals surface area contributed by atoms with Gasteiger partial charge in [-0.25, -0.2) is 8.78 Å². The van der Waals surface area contributed by atoms with Gasteiger partial charge in [0.1, 0.15) is 0 Å². The Hall–Kier alpha value is -3.78. The van der Waals surface area contributed by atoms with Crippen molar-refractivity contribution in [3.63, 3.8) is 0 Å². The van der Waals surface area contributed by atoms with Gasteiger partial charge >= 0.3 is 0 Å². The molecule has 0 radical (unpaired) electrons. The second kappa shape index (κ2) is 16.9. The fraction of sp³-hybridized carbons (Fsp3) is 0.476. The molecule has 1 N–H and O–H groups in total. The van der Waals surface area contributed by atoms with Crippen molar-refractivity contribution < 1.29 is 15.0 Å². The molecule has 0 aromatic heterocycles. The second-order valence-electron chi connectivity index (χ2n) is 13.6. The smallest absolute Gasteiger partial charge is 0.252 e. The fourth-order valence-electron chi connectivity index (χ4n) is 7.22. The van der Waals surface area contributed by atoms with Crippen molar-refractivity contribution in [1.29, 1.82) is 5.26 Å². The standard InChI is InChI=1S/C42H52F2N2O.H2/c1-6-8-14-32(13-7-2)25-34-20-21-35(26-37(34)27-45)40-19-11-15-33(31(40)5)23-29(3)39-18-12-16-36(24-30(39)4)41(47)46-28-38-17-9-10-22-42(38,43)44;/h11,15-16,18-21,23-24,26,32,38H,6-10,12-14,17,22,25,28H2,1-5H3,(H,46,47);1H/b29-23+;. The van der Waals surface area contributed by atoms with Crippen LogP contribution in [0.15, 0.2) is 76.9 Å². The average molecular weight is 641 g/mol. The Labute approximate surface area is 283 Å². The van der Waals surface area contributed by atoms with Gasteiger partial charge in [-0.2, -0.15) is 5.26 Å². The van der Waals surface area contributed by atoms with Crippen LogP contribution >= 0.6 is 0 Å². The number of alkyl halides is 2. The molecule has 3 nitrogen and oxygen atoms in total. The number of amides is 1. The minimum atomic E-state index is -2.71. The predicted molar refractivity (Wildman–Crippen MR) is 193 cm³/mol. The summed E-state index contributed by atoms with van der Waals surface area (Å²) in [6.07, 6.45) is 17.2. The van der Waals surface area contributed by atoms with Crippen LogP contribution in [0.25, 0.3) is 17.2 Å². The number of nitrogens with one attached hydrogen (secondary N) is 1. The Morgan fingerprint density at radius 3 is 2.66 bits per heavy atom. The summed E-state index contributed by atoms with van der Waals surface area (Å²) in [6, 6.07) is 15.1. The summed E-state index contributed by atoms with van der Waals surface area (Å²) in [5, 5.41) is 12.9. The third-order valence-corrected chi connectivity index (χ3v) is 10.0. The lowest BCUT2D eigenvalue weighted by atomic mass is 9.85. The topological polar surface area (TPSA) is 52.9 Å². The average Bonchev–Trinajstić information content (AvgIpc) is 3.25. The minimum absolute atomic E-state index is 0. The molecule has 2 aliphatic carbocycles. The molecule has 1 saturated carbocycles. The number of carbonyl (C=O) groups is 1. The van der Waals surface area contributed by atoms with Crippen molar-refractivity contribution in [2.75, 3.05) is 6.54 Å². The van der Waals surface area contributed by atoms with Crippen LogP contribution in [-0.4, -0.2) is 18.4 Å². The number of unbranched alkanes of at least 4 members (excludes halogenated alkanes) is 1. The molecule has 2 aliphatic rings. The first-order valence-electron chi connectivity index (χ1n) is 17.6. The summed E-state index contributed by atoms with van der Waals surface area (Å²) < 4.78 is 28.6. The van der Waals surface area contributed by atoms with Crippen molar-refractivity contribution in [2.45, 2.75) is 111 Å². The highest BCUT2D eigenvalue weighted by molar-refractivity contribution is 5.96. The van der Waals surface area contributed by atoms with Gasteiger partial charge in [0.25, 0.3) is 11.8 Å². The molecular formula is C42H54F2N2O. The molecule has 2 aromatic carbocycles. The van der Waals surface area contributed by atoms with Gasteiger partial charge < -0.3 is 5.32 Å². The first kappa shape index (κ1) is 36.1. The maximum atomic E-state index is 14.3. The van der Waals surface area contributed by atoms with Gasteiger partial charge in [-0.1, -0.05) is 101 Å². The third-order valence-electron chi connectivity index (χ3n) is 10.0. The van der Waals surface area contributed by atoms with E-state index in [1.165, 1.54) is 25.7 Å². The van der Waals surface area contributed by atoms with Gasteiger partial charge in [-0.3, -0.25) is 4.79 Å². The van der Waals surface area contributed by atoms with Gasteiger partial charge in [-0.05, 0) is 109 Å². The molecule has 1 amide bonds. The Balaban J connectivity index is 0.00000625. The monoisotopic (exact) mass is 640 g/mol. The minimum Gasteiger partial charge on any atom is -0.352 e. The number of hydrogen-bond donors (Lipinski definition) is 1. The van der Waals surface area contributed by atoms with Gasteiger partial charge in [-0.15, -0.1) is 0 Å². The highest BCUT2D eigenvalue weighted by Gasteiger charge is 2.41. The molecule has 0 bridgehead atoms. The quantitative estimate of drug-likeness (QED) is 0.237. The first-order chi connectivity index (χ1) is 22.6. The zero-order valence-electron chi connectivity index (χ0n) is 29.0. The lowest BCUT2D eigenvalue weighted by Gasteiger charge is -2.31. The molecule has 0 aliphatic heterocycles. The first-order valence-corrected chi connectivity index (χ1v) is 17.6. The molecule has 47 heavy (non-hydrogen) atoms. The number of hydrogen-bond acceptors (Lipinski definition) is 2. The Bertz CT molecular complexity index is 1590. The van der Waals surface area contributed by atoms with Crippen LogP contribution in [0.4, 0.5) is 8.78 Å². The maximum Gasteiger partial charge on any atom is 0.252 e.